The van der Waals surface area contributed by atoms with Crippen molar-refractivity contribution in [2.75, 3.05) is 18.4 Å². The van der Waals surface area contributed by atoms with Crippen LogP contribution in [0.15, 0.2) is 36.4 Å². The van der Waals surface area contributed by atoms with Gasteiger partial charge in [-0.2, -0.15) is 0 Å². The third-order valence-electron chi connectivity index (χ3n) is 5.41. The van der Waals surface area contributed by atoms with E-state index in [0.717, 1.165) is 22.4 Å². The second-order valence-corrected chi connectivity index (χ2v) is 8.16. The van der Waals surface area contributed by atoms with Crippen molar-refractivity contribution in [2.24, 2.45) is 5.92 Å². The number of piperidine rings is 1. The van der Waals surface area contributed by atoms with Gasteiger partial charge in [-0.05, 0) is 62.4 Å². The number of nitrogens with zero attached hydrogens (tertiary/aromatic N) is 1. The average Bonchev–Trinajstić information content (AvgIpc) is 2.66. The van der Waals surface area contributed by atoms with Crippen LogP contribution in [0.5, 0.6) is 0 Å². The topological polar surface area (TPSA) is 49.4 Å². The molecule has 0 bridgehead atoms. The largest absolute Gasteiger partial charge is 0.342 e. The van der Waals surface area contributed by atoms with Gasteiger partial charge in [0.05, 0.1) is 6.42 Å². The third kappa shape index (κ3) is 4.93. The maximum atomic E-state index is 12.7. The molecule has 4 nitrogen and oxygen atoms in total. The molecule has 2 amide bonds. The molecule has 5 heteroatoms. The lowest BCUT2D eigenvalue weighted by Gasteiger charge is -2.31. The molecular formula is C23H27ClN2O2. The molecular weight excluding hydrogens is 372 g/mol. The van der Waals surface area contributed by atoms with Crippen LogP contribution < -0.4 is 5.32 Å². The molecule has 0 unspecified atom stereocenters. The number of halogens is 1. The van der Waals surface area contributed by atoms with Crippen LogP contribution in [0.2, 0.25) is 5.02 Å². The van der Waals surface area contributed by atoms with Crippen LogP contribution in [-0.2, 0) is 16.0 Å². The molecule has 1 aliphatic heterocycles. The lowest BCUT2D eigenvalue weighted by molar-refractivity contribution is -0.133. The molecule has 1 N–H and O–H groups in total. The van der Waals surface area contributed by atoms with Gasteiger partial charge in [-0.15, -0.1) is 0 Å². The van der Waals surface area contributed by atoms with Crippen molar-refractivity contribution in [1.82, 2.24) is 4.90 Å². The summed E-state index contributed by atoms with van der Waals surface area (Å²) >= 11 is 5.89. The normalized spacial score (nSPS) is 14.8. The maximum absolute atomic E-state index is 12.7. The smallest absolute Gasteiger partial charge is 0.227 e. The summed E-state index contributed by atoms with van der Waals surface area (Å²) in [6, 6.07) is 11.5. The van der Waals surface area contributed by atoms with Gasteiger partial charge in [0.25, 0.3) is 0 Å². The van der Waals surface area contributed by atoms with E-state index in [9.17, 15) is 9.59 Å². The minimum Gasteiger partial charge on any atom is -0.342 e. The van der Waals surface area contributed by atoms with Gasteiger partial charge < -0.3 is 10.2 Å². The first-order chi connectivity index (χ1) is 13.3. The number of nitrogens with one attached hydrogen (secondary N) is 1. The van der Waals surface area contributed by atoms with E-state index in [1.54, 1.807) is 12.1 Å². The quantitative estimate of drug-likeness (QED) is 0.812. The molecule has 0 atom stereocenters. The summed E-state index contributed by atoms with van der Waals surface area (Å²) in [6.07, 6.45) is 1.76. The van der Waals surface area contributed by atoms with Gasteiger partial charge in [0, 0.05) is 29.7 Å². The van der Waals surface area contributed by atoms with Gasteiger partial charge in [0.15, 0.2) is 0 Å². The number of carbonyl (C=O) groups is 2. The van der Waals surface area contributed by atoms with Crippen LogP contribution in [0.4, 0.5) is 5.69 Å². The second kappa shape index (κ2) is 8.78. The summed E-state index contributed by atoms with van der Waals surface area (Å²) in [7, 11) is 0. The van der Waals surface area contributed by atoms with Crippen molar-refractivity contribution in [3.63, 3.8) is 0 Å². The molecule has 0 saturated carbocycles. The van der Waals surface area contributed by atoms with Crippen LogP contribution in [-0.4, -0.2) is 29.8 Å². The first kappa shape index (κ1) is 20.4. The molecule has 28 heavy (non-hydrogen) atoms. The minimum absolute atomic E-state index is 0.0554. The Morgan fingerprint density at radius 1 is 1.04 bits per heavy atom. The van der Waals surface area contributed by atoms with E-state index in [-0.39, 0.29) is 17.7 Å². The van der Waals surface area contributed by atoms with Crippen molar-refractivity contribution < 1.29 is 9.59 Å². The summed E-state index contributed by atoms with van der Waals surface area (Å²) in [5.41, 5.74) is 5.24. The highest BCUT2D eigenvalue weighted by Crippen LogP contribution is 2.25. The maximum Gasteiger partial charge on any atom is 0.227 e. The molecule has 1 saturated heterocycles. The molecule has 148 valence electrons. The van der Waals surface area contributed by atoms with Gasteiger partial charge in [-0.25, -0.2) is 0 Å². The van der Waals surface area contributed by atoms with Crippen molar-refractivity contribution in [3.8, 4) is 0 Å². The Balaban J connectivity index is 1.54. The van der Waals surface area contributed by atoms with Gasteiger partial charge in [0.1, 0.15) is 0 Å². The van der Waals surface area contributed by atoms with E-state index < -0.39 is 0 Å². The zero-order chi connectivity index (χ0) is 20.3. The van der Waals surface area contributed by atoms with Crippen LogP contribution in [0.25, 0.3) is 0 Å². The Hall–Kier alpha value is -2.33. The zero-order valence-corrected chi connectivity index (χ0v) is 17.5. The summed E-state index contributed by atoms with van der Waals surface area (Å²) in [5, 5.41) is 3.78. The molecule has 2 aromatic carbocycles. The third-order valence-corrected chi connectivity index (χ3v) is 5.66. The highest BCUT2D eigenvalue weighted by molar-refractivity contribution is 6.30. The summed E-state index contributed by atoms with van der Waals surface area (Å²) < 4.78 is 0. The van der Waals surface area contributed by atoms with E-state index >= 15 is 0 Å². The van der Waals surface area contributed by atoms with Crippen LogP contribution in [0.1, 0.15) is 35.1 Å². The molecule has 0 radical (unpaired) electrons. The first-order valence-corrected chi connectivity index (χ1v) is 10.1. The standard InChI is InChI=1S/C23H27ClN2O2/c1-15-12-16(2)22(17(3)13-15)25-23(28)19-8-10-26(11-9-19)21(27)14-18-4-6-20(24)7-5-18/h4-7,12-13,19H,8-11,14H2,1-3H3,(H,25,28). The molecule has 1 aliphatic rings. The number of likely N-dealkylation sites (tertiary alicyclic amines) is 1. The van der Waals surface area contributed by atoms with E-state index in [4.69, 9.17) is 11.6 Å². The van der Waals surface area contributed by atoms with E-state index in [2.05, 4.69) is 24.4 Å². The van der Waals surface area contributed by atoms with Gasteiger partial charge >= 0.3 is 0 Å². The lowest BCUT2D eigenvalue weighted by Crippen LogP contribution is -2.42. The number of amides is 2. The van der Waals surface area contributed by atoms with Crippen molar-refractivity contribution in [3.05, 3.63) is 63.7 Å². The number of hydrogen-bond donors (Lipinski definition) is 1. The summed E-state index contributed by atoms with van der Waals surface area (Å²) in [6.45, 7) is 7.34. The van der Waals surface area contributed by atoms with E-state index in [0.29, 0.717) is 37.4 Å². The molecule has 0 aromatic heterocycles. The monoisotopic (exact) mass is 398 g/mol. The molecule has 1 heterocycles. The SMILES string of the molecule is Cc1cc(C)c(NC(=O)C2CCN(C(=O)Cc3ccc(Cl)cc3)CC2)c(C)c1. The molecule has 0 spiro atoms. The summed E-state index contributed by atoms with van der Waals surface area (Å²) in [5.74, 6) is 0.103. The Kier molecular flexibility index (Phi) is 6.40. The molecule has 1 fully saturated rings. The number of hydrogen-bond acceptors (Lipinski definition) is 2. The van der Waals surface area contributed by atoms with E-state index in [1.807, 2.05) is 30.9 Å². The van der Waals surface area contributed by atoms with Gasteiger partial charge in [-0.1, -0.05) is 41.4 Å². The predicted molar refractivity (Wildman–Crippen MR) is 114 cm³/mol. The fraction of sp³-hybridized carbons (Fsp3) is 0.391. The predicted octanol–water partition coefficient (Wildman–Crippen LogP) is 4.69. The Morgan fingerprint density at radius 3 is 2.18 bits per heavy atom. The number of anilines is 1. The number of benzene rings is 2. The second-order valence-electron chi connectivity index (χ2n) is 7.72. The average molecular weight is 399 g/mol. The highest BCUT2D eigenvalue weighted by Gasteiger charge is 2.27. The fourth-order valence-electron chi connectivity index (χ4n) is 3.88. The Labute approximate surface area is 171 Å². The first-order valence-electron chi connectivity index (χ1n) is 9.74. The molecule has 2 aromatic rings. The lowest BCUT2D eigenvalue weighted by atomic mass is 9.94. The molecule has 0 aliphatic carbocycles. The Bertz CT molecular complexity index is 846. The molecule has 3 rings (SSSR count). The summed E-state index contributed by atoms with van der Waals surface area (Å²) in [4.78, 5) is 27.1. The zero-order valence-electron chi connectivity index (χ0n) is 16.7. The minimum atomic E-state index is -0.0558. The van der Waals surface area contributed by atoms with Crippen LogP contribution in [0, 0.1) is 26.7 Å². The van der Waals surface area contributed by atoms with Crippen LogP contribution in [0.3, 0.4) is 0 Å². The highest BCUT2D eigenvalue weighted by atomic mass is 35.5. The van der Waals surface area contributed by atoms with E-state index in [1.165, 1.54) is 5.56 Å². The fourth-order valence-corrected chi connectivity index (χ4v) is 4.01. The number of carbonyl (C=O) groups excluding carboxylic acids is 2. The van der Waals surface area contributed by atoms with Crippen LogP contribution >= 0.6 is 11.6 Å². The number of rotatable bonds is 4. The Morgan fingerprint density at radius 2 is 1.61 bits per heavy atom. The van der Waals surface area contributed by atoms with Crippen molar-refractivity contribution in [1.29, 1.82) is 0 Å². The number of aryl methyl sites for hydroxylation is 3. The van der Waals surface area contributed by atoms with Gasteiger partial charge in [0.2, 0.25) is 11.8 Å². The van der Waals surface area contributed by atoms with Gasteiger partial charge in [-0.3, -0.25) is 9.59 Å². The van der Waals surface area contributed by atoms with Crippen molar-refractivity contribution >= 4 is 29.1 Å². The van der Waals surface area contributed by atoms with Crippen molar-refractivity contribution in [2.45, 2.75) is 40.0 Å².